The van der Waals surface area contributed by atoms with Crippen molar-refractivity contribution >= 4 is 11.7 Å². The number of nitrogens with two attached hydrogens (primary N) is 1. The number of carbonyl (C=O) groups excluding carboxylic acids is 1. The molecule has 1 aromatic heterocycles. The van der Waals surface area contributed by atoms with Gasteiger partial charge in [-0.2, -0.15) is 0 Å². The molecule has 3 rings (SSSR count). The molecule has 1 amide bonds. The summed E-state index contributed by atoms with van der Waals surface area (Å²) in [5, 5.41) is 11.0. The number of nitrogens with zero attached hydrogens (tertiary/aromatic N) is 3. The zero-order valence-corrected chi connectivity index (χ0v) is 11.8. The first kappa shape index (κ1) is 13.8. The maximum absolute atomic E-state index is 12.2. The number of nitrogens with one attached hydrogen (secondary N) is 1. The highest BCUT2D eigenvalue weighted by Gasteiger charge is 2.16. The number of hydrogen-bond acceptors (Lipinski definition) is 4. The molecule has 110 valence electrons. The minimum Gasteiger partial charge on any atom is -0.380 e. The van der Waals surface area contributed by atoms with Crippen molar-refractivity contribution in [2.45, 2.75) is 6.54 Å². The Labute approximate surface area is 127 Å². The van der Waals surface area contributed by atoms with Crippen LogP contribution in [0.4, 0.5) is 5.82 Å². The van der Waals surface area contributed by atoms with Crippen molar-refractivity contribution in [3.8, 4) is 5.69 Å². The summed E-state index contributed by atoms with van der Waals surface area (Å²) in [5.41, 5.74) is 7.67. The number of hydrogen-bond donors (Lipinski definition) is 2. The summed E-state index contributed by atoms with van der Waals surface area (Å²) in [7, 11) is 0. The molecule has 3 N–H and O–H groups in total. The Morgan fingerprint density at radius 1 is 1.00 bits per heavy atom. The van der Waals surface area contributed by atoms with Crippen LogP contribution in [0.1, 0.15) is 16.1 Å². The maximum atomic E-state index is 12.2. The third kappa shape index (κ3) is 2.95. The van der Waals surface area contributed by atoms with Gasteiger partial charge in [0.2, 0.25) is 0 Å². The summed E-state index contributed by atoms with van der Waals surface area (Å²) in [6.45, 7) is 0.414. The van der Waals surface area contributed by atoms with E-state index in [1.54, 1.807) is 0 Å². The standard InChI is InChI=1S/C16H15N5O/c17-15-14(16(22)18-11-12-7-3-1-4-8-12)19-21(20-15)13-9-5-2-6-10-13/h1-10H,11H2,(H2,17,20)(H,18,22). The van der Waals surface area contributed by atoms with Gasteiger partial charge >= 0.3 is 0 Å². The highest BCUT2D eigenvalue weighted by atomic mass is 16.2. The van der Waals surface area contributed by atoms with E-state index in [0.29, 0.717) is 6.54 Å². The Morgan fingerprint density at radius 3 is 2.32 bits per heavy atom. The quantitative estimate of drug-likeness (QED) is 0.767. The smallest absolute Gasteiger partial charge is 0.275 e. The number of aromatic nitrogens is 3. The van der Waals surface area contributed by atoms with Crippen molar-refractivity contribution in [1.29, 1.82) is 0 Å². The van der Waals surface area contributed by atoms with Crippen molar-refractivity contribution in [2.75, 3.05) is 5.73 Å². The molecular weight excluding hydrogens is 278 g/mol. The van der Waals surface area contributed by atoms with Gasteiger partial charge in [0.05, 0.1) is 5.69 Å². The lowest BCUT2D eigenvalue weighted by Crippen LogP contribution is -2.24. The van der Waals surface area contributed by atoms with E-state index in [4.69, 9.17) is 5.73 Å². The second-order valence-electron chi connectivity index (χ2n) is 4.73. The molecule has 0 saturated carbocycles. The molecule has 0 unspecified atom stereocenters. The molecule has 0 saturated heterocycles. The lowest BCUT2D eigenvalue weighted by molar-refractivity contribution is 0.0946. The molecule has 3 aromatic rings. The van der Waals surface area contributed by atoms with Crippen LogP contribution < -0.4 is 11.1 Å². The molecule has 0 atom stereocenters. The zero-order valence-electron chi connectivity index (χ0n) is 11.8. The highest BCUT2D eigenvalue weighted by Crippen LogP contribution is 2.10. The van der Waals surface area contributed by atoms with Gasteiger partial charge in [-0.05, 0) is 17.7 Å². The van der Waals surface area contributed by atoms with Crippen LogP contribution in [-0.4, -0.2) is 20.9 Å². The van der Waals surface area contributed by atoms with Crippen LogP contribution in [0.5, 0.6) is 0 Å². The van der Waals surface area contributed by atoms with Crippen LogP contribution in [0.15, 0.2) is 60.7 Å². The molecule has 0 spiro atoms. The molecule has 1 heterocycles. The van der Waals surface area contributed by atoms with Crippen LogP contribution in [0.25, 0.3) is 5.69 Å². The SMILES string of the molecule is Nc1nn(-c2ccccc2)nc1C(=O)NCc1ccccc1. The Hall–Kier alpha value is -3.15. The van der Waals surface area contributed by atoms with Crippen LogP contribution in [0, 0.1) is 0 Å². The van der Waals surface area contributed by atoms with Crippen molar-refractivity contribution < 1.29 is 4.79 Å². The van der Waals surface area contributed by atoms with Gasteiger partial charge in [0, 0.05) is 6.54 Å². The molecule has 0 bridgehead atoms. The predicted octanol–water partition coefficient (Wildman–Crippen LogP) is 1.78. The van der Waals surface area contributed by atoms with E-state index < -0.39 is 0 Å². The van der Waals surface area contributed by atoms with E-state index in [1.807, 2.05) is 60.7 Å². The summed E-state index contributed by atoms with van der Waals surface area (Å²) < 4.78 is 0. The summed E-state index contributed by atoms with van der Waals surface area (Å²) in [6.07, 6.45) is 0. The van der Waals surface area contributed by atoms with Gasteiger partial charge in [-0.25, -0.2) is 0 Å². The number of carbonyl (C=O) groups is 1. The average Bonchev–Trinajstić information content (AvgIpc) is 2.96. The van der Waals surface area contributed by atoms with Gasteiger partial charge in [-0.1, -0.05) is 48.5 Å². The lowest BCUT2D eigenvalue weighted by atomic mass is 10.2. The predicted molar refractivity (Wildman–Crippen MR) is 83.4 cm³/mol. The topological polar surface area (TPSA) is 85.8 Å². The van der Waals surface area contributed by atoms with E-state index in [1.165, 1.54) is 4.80 Å². The van der Waals surface area contributed by atoms with Gasteiger partial charge in [0.25, 0.3) is 5.91 Å². The molecule has 2 aromatic carbocycles. The Balaban J connectivity index is 1.74. The minimum absolute atomic E-state index is 0.106. The first-order valence-corrected chi connectivity index (χ1v) is 6.84. The number of para-hydroxylation sites is 1. The zero-order chi connectivity index (χ0) is 15.4. The Kier molecular flexibility index (Phi) is 3.82. The van der Waals surface area contributed by atoms with Gasteiger partial charge in [0.1, 0.15) is 0 Å². The highest BCUT2D eigenvalue weighted by molar-refractivity contribution is 5.96. The average molecular weight is 293 g/mol. The van der Waals surface area contributed by atoms with E-state index in [0.717, 1.165) is 11.3 Å². The summed E-state index contributed by atoms with van der Waals surface area (Å²) in [5.74, 6) is -0.238. The number of benzene rings is 2. The molecule has 0 aliphatic heterocycles. The summed E-state index contributed by atoms with van der Waals surface area (Å²) in [6, 6.07) is 18.9. The second-order valence-corrected chi connectivity index (χ2v) is 4.73. The first-order valence-electron chi connectivity index (χ1n) is 6.84. The van der Waals surface area contributed by atoms with E-state index >= 15 is 0 Å². The molecule has 0 radical (unpaired) electrons. The fourth-order valence-electron chi connectivity index (χ4n) is 2.02. The van der Waals surface area contributed by atoms with Crippen molar-refractivity contribution in [3.05, 3.63) is 71.9 Å². The van der Waals surface area contributed by atoms with Crippen molar-refractivity contribution in [3.63, 3.8) is 0 Å². The number of nitrogen functional groups attached to an aromatic ring is 1. The van der Waals surface area contributed by atoms with Crippen LogP contribution in [0.3, 0.4) is 0 Å². The van der Waals surface area contributed by atoms with Gasteiger partial charge in [-0.3, -0.25) is 4.79 Å². The normalized spacial score (nSPS) is 10.4. The maximum Gasteiger partial charge on any atom is 0.275 e. The number of amides is 1. The molecule has 0 aliphatic rings. The van der Waals surface area contributed by atoms with Gasteiger partial charge < -0.3 is 11.1 Å². The molecule has 0 aliphatic carbocycles. The third-order valence-electron chi connectivity index (χ3n) is 3.14. The summed E-state index contributed by atoms with van der Waals surface area (Å²) >= 11 is 0. The first-order chi connectivity index (χ1) is 10.7. The van der Waals surface area contributed by atoms with Crippen molar-refractivity contribution in [1.82, 2.24) is 20.3 Å². The fraction of sp³-hybridized carbons (Fsp3) is 0.0625. The largest absolute Gasteiger partial charge is 0.380 e. The minimum atomic E-state index is -0.344. The van der Waals surface area contributed by atoms with Gasteiger partial charge in [-0.15, -0.1) is 15.0 Å². The van der Waals surface area contributed by atoms with Crippen LogP contribution in [0.2, 0.25) is 0 Å². The lowest BCUT2D eigenvalue weighted by Gasteiger charge is -2.03. The molecule has 22 heavy (non-hydrogen) atoms. The molecular formula is C16H15N5O. The molecule has 0 fully saturated rings. The van der Waals surface area contributed by atoms with E-state index in [2.05, 4.69) is 15.5 Å². The van der Waals surface area contributed by atoms with Crippen molar-refractivity contribution in [2.24, 2.45) is 0 Å². The fourth-order valence-corrected chi connectivity index (χ4v) is 2.02. The second kappa shape index (κ2) is 6.09. The van der Waals surface area contributed by atoms with Crippen LogP contribution >= 0.6 is 0 Å². The molecule has 6 nitrogen and oxygen atoms in total. The number of rotatable bonds is 4. The number of anilines is 1. The Morgan fingerprint density at radius 2 is 1.64 bits per heavy atom. The van der Waals surface area contributed by atoms with E-state index in [-0.39, 0.29) is 17.4 Å². The Bertz CT molecular complexity index is 768. The van der Waals surface area contributed by atoms with Crippen LogP contribution in [-0.2, 0) is 6.54 Å². The summed E-state index contributed by atoms with van der Waals surface area (Å²) in [4.78, 5) is 13.5. The molecule has 6 heteroatoms. The van der Waals surface area contributed by atoms with Gasteiger partial charge in [0.15, 0.2) is 11.5 Å². The monoisotopic (exact) mass is 293 g/mol. The third-order valence-corrected chi connectivity index (χ3v) is 3.14. The van der Waals surface area contributed by atoms with E-state index in [9.17, 15) is 4.79 Å².